The van der Waals surface area contributed by atoms with Crippen LogP contribution in [-0.2, 0) is 0 Å². The van der Waals surface area contributed by atoms with Gasteiger partial charge in [-0.15, -0.1) is 0 Å². The van der Waals surface area contributed by atoms with Gasteiger partial charge in [-0.2, -0.15) is 10.2 Å². The molecule has 0 spiro atoms. The summed E-state index contributed by atoms with van der Waals surface area (Å²) in [6, 6.07) is 23.7. The van der Waals surface area contributed by atoms with E-state index in [0.717, 1.165) is 11.1 Å². The topological polar surface area (TPSA) is 123 Å². The second kappa shape index (κ2) is 9.49. The van der Waals surface area contributed by atoms with Gasteiger partial charge in [-0.25, -0.2) is 9.97 Å². The second-order valence-corrected chi connectivity index (χ2v) is 8.56. The zero-order valence-corrected chi connectivity index (χ0v) is 19.9. The predicted molar refractivity (Wildman–Crippen MR) is 141 cm³/mol. The number of nitrogens with one attached hydrogen (secondary N) is 1. The monoisotopic (exact) mass is 493 g/mol. The molecule has 0 bridgehead atoms. The van der Waals surface area contributed by atoms with Gasteiger partial charge < -0.3 is 11.1 Å². The fraction of sp³-hybridized carbons (Fsp3) is 0.0741. The Morgan fingerprint density at radius 2 is 1.83 bits per heavy atom. The number of nitrogen functional groups attached to an aromatic ring is 1. The van der Waals surface area contributed by atoms with Gasteiger partial charge in [0.1, 0.15) is 23.3 Å². The molecule has 0 aliphatic heterocycles. The molecule has 0 unspecified atom stereocenters. The Morgan fingerprint density at radius 1 is 1.06 bits per heavy atom. The molecule has 5 aromatic rings. The van der Waals surface area contributed by atoms with E-state index in [2.05, 4.69) is 21.4 Å². The van der Waals surface area contributed by atoms with Crippen molar-refractivity contribution in [2.75, 3.05) is 11.1 Å². The number of halogens is 1. The van der Waals surface area contributed by atoms with Crippen LogP contribution < -0.4 is 16.6 Å². The van der Waals surface area contributed by atoms with Gasteiger partial charge in [0.25, 0.3) is 5.56 Å². The van der Waals surface area contributed by atoms with Crippen LogP contribution in [0.15, 0.2) is 83.8 Å². The summed E-state index contributed by atoms with van der Waals surface area (Å²) >= 11 is 6.24. The maximum atomic E-state index is 14.1. The molecule has 0 radical (unpaired) electrons. The minimum Gasteiger partial charge on any atom is -0.368 e. The van der Waals surface area contributed by atoms with E-state index in [1.54, 1.807) is 16.7 Å². The Labute approximate surface area is 211 Å². The lowest BCUT2D eigenvalue weighted by molar-refractivity contribution is 0.731. The van der Waals surface area contributed by atoms with E-state index < -0.39 is 6.04 Å². The minimum atomic E-state index is -0.515. The van der Waals surface area contributed by atoms with Crippen LogP contribution in [0.1, 0.15) is 24.4 Å². The molecule has 0 amide bonds. The molecule has 5 rings (SSSR count). The molecule has 9 heteroatoms. The Hall–Kier alpha value is -4.74. The lowest BCUT2D eigenvalue weighted by Crippen LogP contribution is -2.28. The molecule has 36 heavy (non-hydrogen) atoms. The van der Waals surface area contributed by atoms with Crippen LogP contribution >= 0.6 is 11.6 Å². The second-order valence-electron chi connectivity index (χ2n) is 8.12. The molecule has 0 aliphatic carbocycles. The zero-order valence-electron chi connectivity index (χ0n) is 19.2. The summed E-state index contributed by atoms with van der Waals surface area (Å²) in [5.41, 5.74) is 8.50. The van der Waals surface area contributed by atoms with Crippen LogP contribution in [0.4, 0.5) is 11.8 Å². The normalized spacial score (nSPS) is 11.7. The highest BCUT2D eigenvalue weighted by atomic mass is 35.5. The zero-order chi connectivity index (χ0) is 25.2. The lowest BCUT2D eigenvalue weighted by Gasteiger charge is -2.21. The summed E-state index contributed by atoms with van der Waals surface area (Å²) < 4.78 is 1.57. The first-order valence-electron chi connectivity index (χ1n) is 11.1. The van der Waals surface area contributed by atoms with Crippen LogP contribution in [0.2, 0.25) is 5.02 Å². The van der Waals surface area contributed by atoms with Crippen LogP contribution in [0.25, 0.3) is 27.7 Å². The molecule has 0 aliphatic rings. The van der Waals surface area contributed by atoms with Gasteiger partial charge in [-0.3, -0.25) is 9.36 Å². The first-order chi connectivity index (χ1) is 17.5. The molecule has 3 aromatic carbocycles. The van der Waals surface area contributed by atoms with Crippen molar-refractivity contribution in [1.29, 1.82) is 5.26 Å². The fourth-order valence-electron chi connectivity index (χ4n) is 4.12. The number of benzene rings is 3. The number of para-hydroxylation sites is 1. The maximum absolute atomic E-state index is 14.1. The van der Waals surface area contributed by atoms with Crippen molar-refractivity contribution in [2.45, 2.75) is 13.0 Å². The Kier molecular flexibility index (Phi) is 6.07. The minimum absolute atomic E-state index is 0.0294. The number of hydrogen-bond donors (Lipinski definition) is 2. The van der Waals surface area contributed by atoms with Crippen molar-refractivity contribution >= 4 is 34.3 Å². The van der Waals surface area contributed by atoms with Gasteiger partial charge in [0.05, 0.1) is 28.8 Å². The number of hydrogen-bond acceptors (Lipinski definition) is 7. The summed E-state index contributed by atoms with van der Waals surface area (Å²) in [5.74, 6) is 0.740. The maximum Gasteiger partial charge on any atom is 0.266 e. The Bertz CT molecular complexity index is 1690. The molecule has 2 heterocycles. The van der Waals surface area contributed by atoms with Gasteiger partial charge in [0.2, 0.25) is 5.95 Å². The van der Waals surface area contributed by atoms with Crippen molar-refractivity contribution in [2.24, 2.45) is 0 Å². The molecule has 0 fully saturated rings. The van der Waals surface area contributed by atoms with Crippen molar-refractivity contribution in [3.05, 3.63) is 106 Å². The Balaban J connectivity index is 1.75. The standard InChI is InChI=1S/C27H20ClN7O/c1-16(32-24-18(14-29)15-31-27(30)34-24)25-33-22-12-6-11-21(17-7-5-8-19(28)13-17)23(22)26(36)35(25)20-9-3-2-4-10-20/h2-13,15-16H,1H3,(H3,30,31,32,34)/t16-/m0/s1. The van der Waals surface area contributed by atoms with Crippen molar-refractivity contribution < 1.29 is 0 Å². The molecular weight excluding hydrogens is 474 g/mol. The molecule has 2 aromatic heterocycles. The molecule has 8 nitrogen and oxygen atoms in total. The van der Waals surface area contributed by atoms with E-state index in [4.69, 9.17) is 22.3 Å². The van der Waals surface area contributed by atoms with Crippen molar-refractivity contribution in [1.82, 2.24) is 19.5 Å². The number of nitriles is 1. The number of rotatable bonds is 5. The highest BCUT2D eigenvalue weighted by molar-refractivity contribution is 6.30. The highest BCUT2D eigenvalue weighted by Gasteiger charge is 2.21. The molecule has 3 N–H and O–H groups in total. The average molecular weight is 494 g/mol. The molecular formula is C27H20ClN7O. The van der Waals surface area contributed by atoms with Gasteiger partial charge in [-0.05, 0) is 48.4 Å². The summed E-state index contributed by atoms with van der Waals surface area (Å²) in [6.07, 6.45) is 1.35. The number of fused-ring (bicyclic) bond motifs is 1. The van der Waals surface area contributed by atoms with Crippen LogP contribution in [-0.4, -0.2) is 19.5 Å². The summed E-state index contributed by atoms with van der Waals surface area (Å²) in [4.78, 5) is 27.1. The number of nitrogens with zero attached hydrogens (tertiary/aromatic N) is 5. The molecule has 1 atom stereocenters. The van der Waals surface area contributed by atoms with Crippen LogP contribution in [0.5, 0.6) is 0 Å². The van der Waals surface area contributed by atoms with Crippen LogP contribution in [0, 0.1) is 11.3 Å². The third-order valence-corrected chi connectivity index (χ3v) is 5.98. The van der Waals surface area contributed by atoms with E-state index in [-0.39, 0.29) is 22.9 Å². The van der Waals surface area contributed by atoms with E-state index in [9.17, 15) is 10.1 Å². The van der Waals surface area contributed by atoms with E-state index in [1.807, 2.05) is 67.6 Å². The van der Waals surface area contributed by atoms with E-state index >= 15 is 0 Å². The largest absolute Gasteiger partial charge is 0.368 e. The smallest absolute Gasteiger partial charge is 0.266 e. The van der Waals surface area contributed by atoms with Gasteiger partial charge in [0, 0.05) is 5.02 Å². The SMILES string of the molecule is C[C@H](Nc1nc(N)ncc1C#N)c1nc2cccc(-c3cccc(Cl)c3)c2c(=O)n1-c1ccccc1. The Morgan fingerprint density at radius 3 is 2.58 bits per heavy atom. The quantitative estimate of drug-likeness (QED) is 0.348. The van der Waals surface area contributed by atoms with Gasteiger partial charge in [0.15, 0.2) is 0 Å². The molecule has 0 saturated heterocycles. The van der Waals surface area contributed by atoms with Crippen molar-refractivity contribution in [3.8, 4) is 22.9 Å². The first-order valence-corrected chi connectivity index (χ1v) is 11.5. The summed E-state index contributed by atoms with van der Waals surface area (Å²) in [6.45, 7) is 1.84. The van der Waals surface area contributed by atoms with Gasteiger partial charge >= 0.3 is 0 Å². The molecule has 176 valence electrons. The van der Waals surface area contributed by atoms with Gasteiger partial charge in [-0.1, -0.05) is 54.1 Å². The summed E-state index contributed by atoms with van der Waals surface area (Å²) in [7, 11) is 0. The fourth-order valence-corrected chi connectivity index (χ4v) is 4.31. The highest BCUT2D eigenvalue weighted by Crippen LogP contribution is 2.30. The lowest BCUT2D eigenvalue weighted by atomic mass is 10.0. The third-order valence-electron chi connectivity index (χ3n) is 5.74. The van der Waals surface area contributed by atoms with E-state index in [0.29, 0.717) is 27.4 Å². The first kappa shape index (κ1) is 23.0. The van der Waals surface area contributed by atoms with Crippen molar-refractivity contribution in [3.63, 3.8) is 0 Å². The summed E-state index contributed by atoms with van der Waals surface area (Å²) in [5, 5.41) is 13.7. The van der Waals surface area contributed by atoms with Crippen LogP contribution in [0.3, 0.4) is 0 Å². The average Bonchev–Trinajstić information content (AvgIpc) is 2.89. The van der Waals surface area contributed by atoms with E-state index in [1.165, 1.54) is 6.20 Å². The third kappa shape index (κ3) is 4.24. The molecule has 0 saturated carbocycles. The predicted octanol–water partition coefficient (Wildman–Crippen LogP) is 5.12. The number of anilines is 2. The number of aromatic nitrogens is 4. The number of nitrogens with two attached hydrogens (primary N) is 1.